The van der Waals surface area contributed by atoms with E-state index in [0.29, 0.717) is 25.7 Å². The molecule has 0 aliphatic carbocycles. The van der Waals surface area contributed by atoms with Gasteiger partial charge in [-0.15, -0.1) is 0 Å². The predicted molar refractivity (Wildman–Crippen MR) is 79.2 cm³/mol. The first-order valence-corrected chi connectivity index (χ1v) is 8.66. The number of ether oxygens (including phenoxy) is 2. The van der Waals surface area contributed by atoms with Gasteiger partial charge in [0.05, 0.1) is 23.9 Å². The fourth-order valence-corrected chi connectivity index (χ4v) is 4.99. The summed E-state index contributed by atoms with van der Waals surface area (Å²) in [6.45, 7) is 3.76. The van der Waals surface area contributed by atoms with Crippen molar-refractivity contribution < 1.29 is 23.9 Å². The normalized spacial score (nSPS) is 46.3. The maximum Gasteiger partial charge on any atom is 0.309 e. The van der Waals surface area contributed by atoms with E-state index in [1.54, 1.807) is 0 Å². The van der Waals surface area contributed by atoms with E-state index >= 15 is 0 Å². The Hall–Kier alpha value is -1.59. The summed E-state index contributed by atoms with van der Waals surface area (Å²) in [5, 5.41) is 0. The number of fused-ring (bicyclic) bond motifs is 2. The predicted octanol–water partition coefficient (Wildman–Crippen LogP) is 1.41. The highest BCUT2D eigenvalue weighted by molar-refractivity contribution is 5.81. The Balaban J connectivity index is 1.60. The van der Waals surface area contributed by atoms with Crippen LogP contribution in [0.5, 0.6) is 0 Å². The summed E-state index contributed by atoms with van der Waals surface area (Å²) in [7, 11) is 0. The molecule has 0 bridgehead atoms. The van der Waals surface area contributed by atoms with Crippen molar-refractivity contribution in [2.45, 2.75) is 76.2 Å². The monoisotopic (exact) mass is 321 g/mol. The third-order valence-corrected chi connectivity index (χ3v) is 6.13. The van der Waals surface area contributed by atoms with Crippen molar-refractivity contribution in [2.24, 2.45) is 11.8 Å². The van der Waals surface area contributed by atoms with Crippen LogP contribution in [-0.2, 0) is 23.9 Å². The van der Waals surface area contributed by atoms with Gasteiger partial charge >= 0.3 is 11.9 Å². The summed E-state index contributed by atoms with van der Waals surface area (Å²) in [6.07, 6.45) is 3.81. The molecule has 6 atom stereocenters. The maximum absolute atomic E-state index is 12.6. The van der Waals surface area contributed by atoms with E-state index in [2.05, 4.69) is 0 Å². The molecule has 4 heterocycles. The molecule has 0 unspecified atom stereocenters. The van der Waals surface area contributed by atoms with Crippen LogP contribution < -0.4 is 0 Å². The summed E-state index contributed by atoms with van der Waals surface area (Å²) in [5.74, 6) is -0.415. The molecule has 4 rings (SSSR count). The van der Waals surface area contributed by atoms with Crippen LogP contribution in [0.3, 0.4) is 0 Å². The number of piperidine rings is 1. The molecule has 1 spiro atoms. The summed E-state index contributed by atoms with van der Waals surface area (Å²) in [5.41, 5.74) is -0.520. The molecule has 0 N–H and O–H groups in total. The minimum Gasteiger partial charge on any atom is -0.460 e. The molecule has 4 aliphatic heterocycles. The number of carbonyl (C=O) groups is 3. The average Bonchev–Trinajstić information content (AvgIpc) is 3.15. The molecule has 1 amide bonds. The number of hydrogen-bond donors (Lipinski definition) is 0. The van der Waals surface area contributed by atoms with E-state index in [4.69, 9.17) is 9.47 Å². The molecular formula is C17H23NO5. The molecule has 126 valence electrons. The lowest BCUT2D eigenvalue weighted by molar-refractivity contribution is -0.170. The minimum absolute atomic E-state index is 0.0581. The van der Waals surface area contributed by atoms with Gasteiger partial charge < -0.3 is 14.4 Å². The fraction of sp³-hybridized carbons (Fsp3) is 0.824. The summed E-state index contributed by atoms with van der Waals surface area (Å²) >= 11 is 0. The van der Waals surface area contributed by atoms with Gasteiger partial charge in [0.1, 0.15) is 11.7 Å². The van der Waals surface area contributed by atoms with Gasteiger partial charge in [-0.2, -0.15) is 0 Å². The van der Waals surface area contributed by atoms with Gasteiger partial charge in [-0.25, -0.2) is 0 Å². The van der Waals surface area contributed by atoms with Crippen molar-refractivity contribution in [3.05, 3.63) is 0 Å². The lowest BCUT2D eigenvalue weighted by Gasteiger charge is -2.45. The number of amides is 1. The van der Waals surface area contributed by atoms with Gasteiger partial charge in [-0.1, -0.05) is 13.8 Å². The van der Waals surface area contributed by atoms with Gasteiger partial charge in [0.2, 0.25) is 5.91 Å². The number of cyclic esters (lactones) is 1. The molecule has 4 fully saturated rings. The van der Waals surface area contributed by atoms with E-state index in [1.165, 1.54) is 0 Å². The van der Waals surface area contributed by atoms with E-state index in [1.807, 2.05) is 18.7 Å². The van der Waals surface area contributed by atoms with Crippen molar-refractivity contribution in [2.75, 3.05) is 0 Å². The highest BCUT2D eigenvalue weighted by Gasteiger charge is 2.60. The van der Waals surface area contributed by atoms with E-state index in [9.17, 15) is 14.4 Å². The highest BCUT2D eigenvalue weighted by Crippen LogP contribution is 2.49. The van der Waals surface area contributed by atoms with E-state index < -0.39 is 5.60 Å². The average molecular weight is 321 g/mol. The Bertz CT molecular complexity index is 575. The van der Waals surface area contributed by atoms with Crippen LogP contribution in [0.25, 0.3) is 0 Å². The SMILES string of the molecule is C[C@H]1C[C@@H]([C@@H]2CC[C@@H]3N2C(=O)CC[C@]32C[C@H](C)C(=O)O2)OC1=O. The summed E-state index contributed by atoms with van der Waals surface area (Å²) in [6, 6.07) is -0.120. The van der Waals surface area contributed by atoms with Crippen molar-refractivity contribution in [3.8, 4) is 0 Å². The second kappa shape index (κ2) is 4.95. The van der Waals surface area contributed by atoms with Crippen molar-refractivity contribution in [3.63, 3.8) is 0 Å². The first-order chi connectivity index (χ1) is 10.9. The Morgan fingerprint density at radius 2 is 1.87 bits per heavy atom. The second-order valence-electron chi connectivity index (χ2n) is 7.66. The lowest BCUT2D eigenvalue weighted by Crippen LogP contribution is -2.59. The zero-order valence-corrected chi connectivity index (χ0v) is 13.6. The minimum atomic E-state index is -0.520. The molecule has 6 heteroatoms. The zero-order valence-electron chi connectivity index (χ0n) is 13.6. The smallest absolute Gasteiger partial charge is 0.309 e. The third kappa shape index (κ3) is 2.10. The standard InChI is InChI=1S/C17H23NO5/c1-9-7-12(22-15(9)20)11-3-4-13-17(6-5-14(19)18(11)13)8-10(2)16(21)23-17/h9-13H,3-8H2,1-2H3/t9-,10-,11-,12-,13-,17-/m0/s1. The van der Waals surface area contributed by atoms with Gasteiger partial charge in [0, 0.05) is 12.8 Å². The zero-order chi connectivity index (χ0) is 16.4. The van der Waals surface area contributed by atoms with E-state index in [-0.39, 0.29) is 47.9 Å². The summed E-state index contributed by atoms with van der Waals surface area (Å²) < 4.78 is 11.3. The van der Waals surface area contributed by atoms with Gasteiger partial charge in [0.15, 0.2) is 0 Å². The largest absolute Gasteiger partial charge is 0.460 e. The first kappa shape index (κ1) is 15.0. The molecule has 0 radical (unpaired) electrons. The first-order valence-electron chi connectivity index (χ1n) is 8.66. The molecule has 23 heavy (non-hydrogen) atoms. The van der Waals surface area contributed by atoms with Crippen LogP contribution in [0.4, 0.5) is 0 Å². The molecular weight excluding hydrogens is 298 g/mol. The second-order valence-corrected chi connectivity index (χ2v) is 7.66. The quantitative estimate of drug-likeness (QED) is 0.683. The number of carbonyl (C=O) groups excluding carboxylic acids is 3. The molecule has 0 aromatic heterocycles. The number of esters is 2. The maximum atomic E-state index is 12.6. The van der Waals surface area contributed by atoms with Crippen LogP contribution in [0.15, 0.2) is 0 Å². The topological polar surface area (TPSA) is 72.9 Å². The van der Waals surface area contributed by atoms with Gasteiger partial charge in [0.25, 0.3) is 0 Å². The highest BCUT2D eigenvalue weighted by atomic mass is 16.6. The van der Waals surface area contributed by atoms with Crippen LogP contribution in [0.2, 0.25) is 0 Å². The Labute approximate surface area is 135 Å². The number of rotatable bonds is 1. The van der Waals surface area contributed by atoms with Gasteiger partial charge in [-0.05, 0) is 25.7 Å². The van der Waals surface area contributed by atoms with Crippen LogP contribution >= 0.6 is 0 Å². The number of nitrogens with zero attached hydrogens (tertiary/aromatic N) is 1. The van der Waals surface area contributed by atoms with Crippen LogP contribution in [-0.4, -0.2) is 46.5 Å². The Morgan fingerprint density at radius 1 is 1.09 bits per heavy atom. The van der Waals surface area contributed by atoms with E-state index in [0.717, 1.165) is 12.8 Å². The van der Waals surface area contributed by atoms with Gasteiger partial charge in [-0.3, -0.25) is 14.4 Å². The van der Waals surface area contributed by atoms with Crippen LogP contribution in [0.1, 0.15) is 52.4 Å². The molecule has 0 aromatic carbocycles. The lowest BCUT2D eigenvalue weighted by atomic mass is 9.80. The molecule has 4 saturated heterocycles. The van der Waals surface area contributed by atoms with Crippen molar-refractivity contribution >= 4 is 17.8 Å². The number of hydrogen-bond acceptors (Lipinski definition) is 5. The molecule has 0 saturated carbocycles. The summed E-state index contributed by atoms with van der Waals surface area (Å²) in [4.78, 5) is 38.1. The molecule has 4 aliphatic rings. The Morgan fingerprint density at radius 3 is 2.48 bits per heavy atom. The van der Waals surface area contributed by atoms with Crippen LogP contribution in [0, 0.1) is 11.8 Å². The molecule has 0 aromatic rings. The third-order valence-electron chi connectivity index (χ3n) is 6.13. The van der Waals surface area contributed by atoms with Crippen molar-refractivity contribution in [1.29, 1.82) is 0 Å². The van der Waals surface area contributed by atoms with Crippen molar-refractivity contribution in [1.82, 2.24) is 4.90 Å². The fourth-order valence-electron chi connectivity index (χ4n) is 4.99. The Kier molecular flexibility index (Phi) is 3.22. The molecule has 6 nitrogen and oxygen atoms in total.